The lowest BCUT2D eigenvalue weighted by Gasteiger charge is -2.17. The van der Waals surface area contributed by atoms with Gasteiger partial charge < -0.3 is 10.2 Å². The number of benzene rings is 1. The molecule has 3 nitrogen and oxygen atoms in total. The van der Waals surface area contributed by atoms with Crippen LogP contribution in [0.1, 0.15) is 36.3 Å². The van der Waals surface area contributed by atoms with Crippen molar-refractivity contribution in [3.05, 3.63) is 28.3 Å². The summed E-state index contributed by atoms with van der Waals surface area (Å²) >= 11 is 6.07. The number of carbonyl (C=O) groups is 1. The molecular formula is C13H15ClO3. The monoisotopic (exact) mass is 254 g/mol. The minimum atomic E-state index is -0.820. The third-order valence-corrected chi connectivity index (χ3v) is 3.62. The van der Waals surface area contributed by atoms with Gasteiger partial charge in [-0.05, 0) is 48.8 Å². The summed E-state index contributed by atoms with van der Waals surface area (Å²) < 4.78 is 0. The lowest BCUT2D eigenvalue weighted by molar-refractivity contribution is -0.137. The Kier molecular flexibility index (Phi) is 3.29. The fourth-order valence-electron chi connectivity index (χ4n) is 2.26. The minimum absolute atomic E-state index is 0.0395. The summed E-state index contributed by atoms with van der Waals surface area (Å²) in [6, 6.07) is 3.48. The molecule has 1 aromatic carbocycles. The van der Waals surface area contributed by atoms with Crippen molar-refractivity contribution in [2.75, 3.05) is 0 Å². The second kappa shape index (κ2) is 4.57. The Morgan fingerprint density at radius 3 is 2.71 bits per heavy atom. The first-order chi connectivity index (χ1) is 7.99. The van der Waals surface area contributed by atoms with Gasteiger partial charge in [-0.3, -0.25) is 4.79 Å². The summed E-state index contributed by atoms with van der Waals surface area (Å²) in [5.41, 5.74) is 1.67. The van der Waals surface area contributed by atoms with Crippen molar-refractivity contribution in [3.8, 4) is 5.75 Å². The molecule has 1 aliphatic carbocycles. The van der Waals surface area contributed by atoms with Crippen LogP contribution in [0.2, 0.25) is 5.02 Å². The van der Waals surface area contributed by atoms with E-state index in [1.165, 1.54) is 0 Å². The number of aromatic hydroxyl groups is 1. The van der Waals surface area contributed by atoms with Gasteiger partial charge in [0, 0.05) is 0 Å². The van der Waals surface area contributed by atoms with Crippen molar-refractivity contribution < 1.29 is 15.0 Å². The molecule has 0 amide bonds. The fourth-order valence-corrected chi connectivity index (χ4v) is 2.51. The van der Waals surface area contributed by atoms with E-state index >= 15 is 0 Å². The lowest BCUT2D eigenvalue weighted by Crippen LogP contribution is -2.09. The van der Waals surface area contributed by atoms with E-state index < -0.39 is 5.97 Å². The first-order valence-electron chi connectivity index (χ1n) is 5.70. The maximum Gasteiger partial charge on any atom is 0.303 e. The molecule has 4 heteroatoms. The highest BCUT2D eigenvalue weighted by molar-refractivity contribution is 6.32. The van der Waals surface area contributed by atoms with Crippen LogP contribution in [0.15, 0.2) is 12.1 Å². The van der Waals surface area contributed by atoms with Gasteiger partial charge in [0.15, 0.2) is 0 Å². The Morgan fingerprint density at radius 2 is 2.18 bits per heavy atom. The number of aryl methyl sites for hydroxylation is 1. The van der Waals surface area contributed by atoms with Gasteiger partial charge in [-0.2, -0.15) is 0 Å². The number of carboxylic acid groups (broad SMARTS) is 1. The summed E-state index contributed by atoms with van der Waals surface area (Å²) in [6.07, 6.45) is 2.17. The lowest BCUT2D eigenvalue weighted by atomic mass is 9.90. The molecule has 17 heavy (non-hydrogen) atoms. The SMILES string of the molecule is Cc1cc(O)c(Cl)c(C(CC(=O)O)C2CC2)c1. The van der Waals surface area contributed by atoms with Crippen LogP contribution in [-0.2, 0) is 4.79 Å². The molecule has 0 spiro atoms. The zero-order valence-corrected chi connectivity index (χ0v) is 10.4. The predicted octanol–water partition coefficient (Wildman–Crippen LogP) is 3.32. The number of hydrogen-bond donors (Lipinski definition) is 2. The molecule has 0 aliphatic heterocycles. The van der Waals surface area contributed by atoms with Gasteiger partial charge in [-0.15, -0.1) is 0 Å². The van der Waals surface area contributed by atoms with Crippen LogP contribution in [0, 0.1) is 12.8 Å². The number of carboxylic acids is 1. The average Bonchev–Trinajstić information content (AvgIpc) is 3.03. The summed E-state index contributed by atoms with van der Waals surface area (Å²) in [4.78, 5) is 10.9. The first-order valence-corrected chi connectivity index (χ1v) is 6.07. The highest BCUT2D eigenvalue weighted by Gasteiger charge is 2.35. The molecule has 1 fully saturated rings. The number of phenolic OH excluding ortho intramolecular Hbond substituents is 1. The van der Waals surface area contributed by atoms with Crippen molar-refractivity contribution in [2.24, 2.45) is 5.92 Å². The summed E-state index contributed by atoms with van der Waals surface area (Å²) in [6.45, 7) is 1.87. The Labute approximate surface area is 105 Å². The van der Waals surface area contributed by atoms with Gasteiger partial charge in [0.05, 0.1) is 11.4 Å². The third kappa shape index (κ3) is 2.72. The summed E-state index contributed by atoms with van der Waals surface area (Å²) in [7, 11) is 0. The van der Waals surface area contributed by atoms with Gasteiger partial charge in [0.25, 0.3) is 0 Å². The van der Waals surface area contributed by atoms with Crippen molar-refractivity contribution in [2.45, 2.75) is 32.1 Å². The van der Waals surface area contributed by atoms with Crippen LogP contribution in [0.4, 0.5) is 0 Å². The highest BCUT2D eigenvalue weighted by Crippen LogP contribution is 2.47. The maximum atomic E-state index is 10.9. The van der Waals surface area contributed by atoms with Crippen molar-refractivity contribution in [1.82, 2.24) is 0 Å². The van der Waals surface area contributed by atoms with Gasteiger partial charge in [0.2, 0.25) is 0 Å². The van der Waals surface area contributed by atoms with E-state index in [1.54, 1.807) is 6.07 Å². The molecule has 0 heterocycles. The standard InChI is InChI=1S/C13H15ClO3/c1-7-4-10(13(14)11(15)5-7)9(6-12(16)17)8-2-3-8/h4-5,8-9,15H,2-3,6H2,1H3,(H,16,17). The Morgan fingerprint density at radius 1 is 1.53 bits per heavy atom. The van der Waals surface area contributed by atoms with Crippen molar-refractivity contribution >= 4 is 17.6 Å². The van der Waals surface area contributed by atoms with Gasteiger partial charge >= 0.3 is 5.97 Å². The van der Waals surface area contributed by atoms with E-state index in [-0.39, 0.29) is 18.1 Å². The number of aliphatic carboxylic acids is 1. The Bertz CT molecular complexity index is 452. The quantitative estimate of drug-likeness (QED) is 0.867. The van der Waals surface area contributed by atoms with Crippen molar-refractivity contribution in [3.63, 3.8) is 0 Å². The topological polar surface area (TPSA) is 57.5 Å². The predicted molar refractivity (Wildman–Crippen MR) is 65.6 cm³/mol. The molecular weight excluding hydrogens is 240 g/mol. The second-order valence-corrected chi connectivity index (χ2v) is 5.11. The van der Waals surface area contributed by atoms with Crippen molar-refractivity contribution in [1.29, 1.82) is 0 Å². The van der Waals surface area contributed by atoms with Gasteiger partial charge in [-0.25, -0.2) is 0 Å². The summed E-state index contributed by atoms with van der Waals surface area (Å²) in [5.74, 6) is -0.465. The largest absolute Gasteiger partial charge is 0.506 e. The maximum absolute atomic E-state index is 10.9. The van der Waals surface area contributed by atoms with Crippen LogP contribution in [0.5, 0.6) is 5.75 Å². The number of rotatable bonds is 4. The molecule has 0 radical (unpaired) electrons. The van der Waals surface area contributed by atoms with E-state index in [0.717, 1.165) is 24.0 Å². The molecule has 1 atom stereocenters. The van der Waals surface area contributed by atoms with Crippen LogP contribution in [0.25, 0.3) is 0 Å². The van der Waals surface area contributed by atoms with Crippen LogP contribution >= 0.6 is 11.6 Å². The average molecular weight is 255 g/mol. The van der Waals surface area contributed by atoms with E-state index in [2.05, 4.69) is 0 Å². The third-order valence-electron chi connectivity index (χ3n) is 3.21. The van der Waals surface area contributed by atoms with E-state index in [1.807, 2.05) is 13.0 Å². The first kappa shape index (κ1) is 12.2. The molecule has 0 bridgehead atoms. The zero-order valence-electron chi connectivity index (χ0n) is 9.61. The van der Waals surface area contributed by atoms with E-state index in [4.69, 9.17) is 16.7 Å². The normalized spacial score (nSPS) is 16.8. The van der Waals surface area contributed by atoms with E-state index in [0.29, 0.717) is 10.9 Å². The number of hydrogen-bond acceptors (Lipinski definition) is 2. The second-order valence-electron chi connectivity index (χ2n) is 4.73. The Hall–Kier alpha value is -1.22. The van der Waals surface area contributed by atoms with Gasteiger partial charge in [-0.1, -0.05) is 17.7 Å². The Balaban J connectivity index is 2.38. The molecule has 1 saturated carbocycles. The molecule has 1 aromatic rings. The summed E-state index contributed by atoms with van der Waals surface area (Å²) in [5, 5.41) is 18.9. The molecule has 0 saturated heterocycles. The molecule has 1 aliphatic rings. The smallest absolute Gasteiger partial charge is 0.303 e. The van der Waals surface area contributed by atoms with Gasteiger partial charge in [0.1, 0.15) is 5.75 Å². The molecule has 2 N–H and O–H groups in total. The minimum Gasteiger partial charge on any atom is -0.506 e. The molecule has 2 rings (SSSR count). The van der Waals surface area contributed by atoms with Crippen LogP contribution in [0.3, 0.4) is 0 Å². The number of phenols is 1. The fraction of sp³-hybridized carbons (Fsp3) is 0.462. The molecule has 92 valence electrons. The highest BCUT2D eigenvalue weighted by atomic mass is 35.5. The van der Waals surface area contributed by atoms with Crippen LogP contribution in [-0.4, -0.2) is 16.2 Å². The number of halogens is 1. The zero-order chi connectivity index (χ0) is 12.6. The van der Waals surface area contributed by atoms with E-state index in [9.17, 15) is 9.90 Å². The molecule has 0 aromatic heterocycles. The molecule has 1 unspecified atom stereocenters. The van der Waals surface area contributed by atoms with Crippen LogP contribution < -0.4 is 0 Å².